The zero-order valence-corrected chi connectivity index (χ0v) is 21.5. The molecule has 0 saturated heterocycles. The van der Waals surface area contributed by atoms with E-state index < -0.39 is 6.16 Å². The van der Waals surface area contributed by atoms with E-state index in [9.17, 15) is 4.79 Å². The number of aromatic nitrogens is 1. The van der Waals surface area contributed by atoms with E-state index in [0.717, 1.165) is 44.8 Å². The molecule has 34 heavy (non-hydrogen) atoms. The number of aryl methyl sites for hydroxylation is 3. The topological polar surface area (TPSA) is 66.9 Å². The molecule has 6 nitrogen and oxygen atoms in total. The molecule has 0 atom stereocenters. The fourth-order valence-electron chi connectivity index (χ4n) is 3.96. The van der Waals surface area contributed by atoms with Gasteiger partial charge in [0.25, 0.3) is 0 Å². The predicted octanol–water partition coefficient (Wildman–Crippen LogP) is 6.97. The van der Waals surface area contributed by atoms with Crippen molar-refractivity contribution < 1.29 is 23.7 Å². The average molecular weight is 466 g/mol. The highest BCUT2D eigenvalue weighted by Gasteiger charge is 2.22. The summed E-state index contributed by atoms with van der Waals surface area (Å²) in [4.78, 5) is 17.2. The fraction of sp³-hybridized carbons (Fsp3) is 0.429. The van der Waals surface area contributed by atoms with Gasteiger partial charge in [0.1, 0.15) is 23.9 Å². The van der Waals surface area contributed by atoms with Crippen LogP contribution in [-0.2, 0) is 21.3 Å². The molecule has 0 bridgehead atoms. The van der Waals surface area contributed by atoms with Crippen molar-refractivity contribution in [2.45, 2.75) is 60.3 Å². The molecule has 6 heteroatoms. The lowest BCUT2D eigenvalue weighted by Gasteiger charge is -2.20. The quantitative estimate of drug-likeness (QED) is 0.277. The lowest BCUT2D eigenvalue weighted by atomic mass is 9.87. The maximum Gasteiger partial charge on any atom is 0.513 e. The highest BCUT2D eigenvalue weighted by Crippen LogP contribution is 2.40. The van der Waals surface area contributed by atoms with Crippen molar-refractivity contribution in [2.24, 2.45) is 0 Å². The van der Waals surface area contributed by atoms with Gasteiger partial charge in [-0.3, -0.25) is 4.98 Å². The van der Waals surface area contributed by atoms with Gasteiger partial charge in [0.05, 0.1) is 17.5 Å². The fourth-order valence-corrected chi connectivity index (χ4v) is 3.96. The third-order valence-electron chi connectivity index (χ3n) is 5.91. The molecule has 1 heterocycles. The number of methoxy groups -OCH3 is 1. The summed E-state index contributed by atoms with van der Waals surface area (Å²) in [6.45, 7) is 14.9. The van der Waals surface area contributed by atoms with Crippen molar-refractivity contribution in [3.05, 3.63) is 58.3 Å². The molecule has 0 fully saturated rings. The van der Waals surface area contributed by atoms with Crippen LogP contribution in [0.15, 0.2) is 30.3 Å². The minimum Gasteiger partial charge on any atom is -0.457 e. The number of nitrogens with zero attached hydrogens (tertiary/aromatic N) is 1. The van der Waals surface area contributed by atoms with Gasteiger partial charge >= 0.3 is 6.16 Å². The lowest BCUT2D eigenvalue weighted by Crippen LogP contribution is -2.15. The van der Waals surface area contributed by atoms with Crippen LogP contribution in [0.3, 0.4) is 0 Å². The number of carbonyl (C=O) groups is 1. The SMILES string of the molecule is CCc1nc2cc(C)c(Oc3ccc(C(C)(C)C)cc3)c(C)c2c(OC(=O)OCCOC)c1C. The Morgan fingerprint density at radius 2 is 1.65 bits per heavy atom. The van der Waals surface area contributed by atoms with Gasteiger partial charge in [0.15, 0.2) is 0 Å². The maximum absolute atomic E-state index is 12.4. The van der Waals surface area contributed by atoms with Gasteiger partial charge in [-0.05, 0) is 61.9 Å². The number of benzene rings is 2. The highest BCUT2D eigenvalue weighted by molar-refractivity contribution is 5.94. The number of carbonyl (C=O) groups excluding carboxylic acids is 1. The van der Waals surface area contributed by atoms with Crippen molar-refractivity contribution in [2.75, 3.05) is 20.3 Å². The summed E-state index contributed by atoms with van der Waals surface area (Å²) in [6.07, 6.45) is -0.0530. The van der Waals surface area contributed by atoms with Crippen LogP contribution in [0.4, 0.5) is 4.79 Å². The maximum atomic E-state index is 12.4. The first kappa shape index (κ1) is 25.5. The van der Waals surface area contributed by atoms with E-state index in [0.29, 0.717) is 18.8 Å². The summed E-state index contributed by atoms with van der Waals surface area (Å²) in [5, 5.41) is 0.741. The van der Waals surface area contributed by atoms with Crippen molar-refractivity contribution in [3.8, 4) is 17.2 Å². The van der Waals surface area contributed by atoms with Crippen LogP contribution < -0.4 is 9.47 Å². The van der Waals surface area contributed by atoms with Gasteiger partial charge in [-0.15, -0.1) is 0 Å². The molecule has 2 aromatic carbocycles. The number of hydrogen-bond donors (Lipinski definition) is 0. The van der Waals surface area contributed by atoms with E-state index in [2.05, 4.69) is 32.9 Å². The van der Waals surface area contributed by atoms with Gasteiger partial charge in [-0.2, -0.15) is 0 Å². The van der Waals surface area contributed by atoms with E-state index in [4.69, 9.17) is 23.9 Å². The Hall–Kier alpha value is -3.12. The second-order valence-corrected chi connectivity index (χ2v) is 9.48. The Morgan fingerprint density at radius 1 is 0.971 bits per heavy atom. The second-order valence-electron chi connectivity index (χ2n) is 9.48. The van der Waals surface area contributed by atoms with E-state index in [-0.39, 0.29) is 12.0 Å². The Kier molecular flexibility index (Phi) is 7.82. The molecule has 0 radical (unpaired) electrons. The first-order valence-corrected chi connectivity index (χ1v) is 11.6. The average Bonchev–Trinajstić information content (AvgIpc) is 2.78. The lowest BCUT2D eigenvalue weighted by molar-refractivity contribution is 0.0687. The molecule has 0 N–H and O–H groups in total. The van der Waals surface area contributed by atoms with Gasteiger partial charge < -0.3 is 18.9 Å². The predicted molar refractivity (Wildman–Crippen MR) is 134 cm³/mol. The number of pyridine rings is 1. The van der Waals surface area contributed by atoms with Crippen LogP contribution in [0.1, 0.15) is 55.6 Å². The summed E-state index contributed by atoms with van der Waals surface area (Å²) in [6, 6.07) is 10.1. The summed E-state index contributed by atoms with van der Waals surface area (Å²) >= 11 is 0. The summed E-state index contributed by atoms with van der Waals surface area (Å²) < 4.78 is 22.1. The molecular formula is C28H35NO5. The molecule has 3 rings (SSSR count). The van der Waals surface area contributed by atoms with Crippen LogP contribution in [0.25, 0.3) is 10.9 Å². The van der Waals surface area contributed by atoms with Crippen LogP contribution >= 0.6 is 0 Å². The number of ether oxygens (including phenoxy) is 4. The molecule has 0 aliphatic carbocycles. The van der Waals surface area contributed by atoms with Gasteiger partial charge in [0, 0.05) is 23.9 Å². The highest BCUT2D eigenvalue weighted by atomic mass is 16.7. The number of hydrogen-bond acceptors (Lipinski definition) is 6. The third kappa shape index (κ3) is 5.50. The zero-order chi connectivity index (χ0) is 25.0. The molecule has 0 amide bonds. The largest absolute Gasteiger partial charge is 0.513 e. The Labute approximate surface area is 202 Å². The van der Waals surface area contributed by atoms with Crippen molar-refractivity contribution in [1.82, 2.24) is 4.98 Å². The van der Waals surface area contributed by atoms with Crippen molar-refractivity contribution >= 4 is 17.1 Å². The van der Waals surface area contributed by atoms with E-state index in [1.165, 1.54) is 5.56 Å². The van der Waals surface area contributed by atoms with Crippen molar-refractivity contribution in [3.63, 3.8) is 0 Å². The van der Waals surface area contributed by atoms with Crippen LogP contribution in [-0.4, -0.2) is 31.5 Å². The van der Waals surface area contributed by atoms with Crippen LogP contribution in [0.2, 0.25) is 0 Å². The second kappa shape index (κ2) is 10.4. The normalized spacial score (nSPS) is 11.5. The Balaban J connectivity index is 2.06. The van der Waals surface area contributed by atoms with E-state index in [1.807, 2.05) is 45.9 Å². The van der Waals surface area contributed by atoms with Crippen LogP contribution in [0, 0.1) is 20.8 Å². The molecule has 1 aromatic heterocycles. The summed E-state index contributed by atoms with van der Waals surface area (Å²) in [5.41, 5.74) is 5.56. The molecule has 0 spiro atoms. The van der Waals surface area contributed by atoms with Crippen LogP contribution in [0.5, 0.6) is 17.2 Å². The first-order valence-electron chi connectivity index (χ1n) is 11.6. The Morgan fingerprint density at radius 3 is 2.24 bits per heavy atom. The number of fused-ring (bicyclic) bond motifs is 1. The van der Waals surface area contributed by atoms with Crippen molar-refractivity contribution in [1.29, 1.82) is 0 Å². The number of rotatable bonds is 7. The van der Waals surface area contributed by atoms with E-state index in [1.54, 1.807) is 7.11 Å². The summed E-state index contributed by atoms with van der Waals surface area (Å²) in [5.74, 6) is 1.92. The van der Waals surface area contributed by atoms with Gasteiger partial charge in [0.2, 0.25) is 0 Å². The van der Waals surface area contributed by atoms with Gasteiger partial charge in [-0.25, -0.2) is 4.79 Å². The smallest absolute Gasteiger partial charge is 0.457 e. The molecule has 0 aliphatic heterocycles. The molecule has 0 unspecified atom stereocenters. The standard InChI is InChI=1S/C28H35NO5/c1-9-22-18(3)26(34-27(30)32-15-14-31-8)24-19(4)25(17(2)16-23(24)29-22)33-21-12-10-20(11-13-21)28(5,6)7/h10-13,16H,9,14-15H2,1-8H3. The third-order valence-corrected chi connectivity index (χ3v) is 5.91. The zero-order valence-electron chi connectivity index (χ0n) is 21.5. The molecule has 182 valence electrons. The van der Waals surface area contributed by atoms with E-state index >= 15 is 0 Å². The first-order chi connectivity index (χ1) is 16.1. The Bertz CT molecular complexity index is 1180. The molecule has 0 saturated carbocycles. The minimum atomic E-state index is -0.769. The molecular weight excluding hydrogens is 430 g/mol. The van der Waals surface area contributed by atoms with Gasteiger partial charge in [-0.1, -0.05) is 39.8 Å². The monoisotopic (exact) mass is 465 g/mol. The summed E-state index contributed by atoms with van der Waals surface area (Å²) in [7, 11) is 1.55. The molecule has 3 aromatic rings. The minimum absolute atomic E-state index is 0.0671. The molecule has 0 aliphatic rings.